The lowest BCUT2D eigenvalue weighted by atomic mass is 10.2. The molecule has 0 N–H and O–H groups in total. The van der Waals surface area contributed by atoms with Gasteiger partial charge in [0.05, 0.1) is 13.2 Å². The van der Waals surface area contributed by atoms with E-state index in [2.05, 4.69) is 21.7 Å². The molecule has 0 radical (unpaired) electrons. The molecule has 8 heteroatoms. The molecule has 29 heavy (non-hydrogen) atoms. The first kappa shape index (κ1) is 21.6. The first-order valence-electron chi connectivity index (χ1n) is 10.5. The SMILES string of the molecule is CC1CN(C(=O)OC(C)(C)C)CCN1c1cc(OCCN2CCOCC2)ccn1. The van der Waals surface area contributed by atoms with E-state index in [4.69, 9.17) is 14.2 Å². The lowest BCUT2D eigenvalue weighted by molar-refractivity contribution is 0.0218. The molecule has 162 valence electrons. The molecule has 1 atom stereocenters. The third-order valence-corrected chi connectivity index (χ3v) is 5.07. The molecule has 1 unspecified atom stereocenters. The van der Waals surface area contributed by atoms with Gasteiger partial charge < -0.3 is 24.0 Å². The Morgan fingerprint density at radius 1 is 1.24 bits per heavy atom. The highest BCUT2D eigenvalue weighted by atomic mass is 16.6. The lowest BCUT2D eigenvalue weighted by Crippen LogP contribution is -2.54. The van der Waals surface area contributed by atoms with Gasteiger partial charge in [-0.1, -0.05) is 0 Å². The maximum absolute atomic E-state index is 12.3. The predicted octanol–water partition coefficient (Wildman–Crippen LogP) is 2.24. The Bertz CT molecular complexity index is 673. The molecule has 1 aromatic heterocycles. The molecule has 2 aliphatic rings. The van der Waals surface area contributed by atoms with Gasteiger partial charge >= 0.3 is 6.09 Å². The van der Waals surface area contributed by atoms with Gasteiger partial charge in [-0.2, -0.15) is 0 Å². The Hall–Kier alpha value is -2.06. The van der Waals surface area contributed by atoms with E-state index in [1.165, 1.54) is 0 Å². The number of ether oxygens (including phenoxy) is 3. The quantitative estimate of drug-likeness (QED) is 0.743. The van der Waals surface area contributed by atoms with E-state index < -0.39 is 5.60 Å². The molecule has 3 rings (SSSR count). The van der Waals surface area contributed by atoms with Gasteiger partial charge in [0, 0.05) is 57.6 Å². The zero-order valence-electron chi connectivity index (χ0n) is 18.1. The number of carbonyl (C=O) groups is 1. The highest BCUT2D eigenvalue weighted by Crippen LogP contribution is 2.23. The zero-order chi connectivity index (χ0) is 20.9. The lowest BCUT2D eigenvalue weighted by Gasteiger charge is -2.40. The zero-order valence-corrected chi connectivity index (χ0v) is 18.1. The molecular formula is C21H34N4O4. The molecule has 2 fully saturated rings. The Kier molecular flexibility index (Phi) is 7.18. The van der Waals surface area contributed by atoms with E-state index in [-0.39, 0.29) is 12.1 Å². The molecule has 8 nitrogen and oxygen atoms in total. The largest absolute Gasteiger partial charge is 0.492 e. The van der Waals surface area contributed by atoms with Crippen LogP contribution >= 0.6 is 0 Å². The number of hydrogen-bond acceptors (Lipinski definition) is 7. The van der Waals surface area contributed by atoms with E-state index in [0.29, 0.717) is 26.2 Å². The summed E-state index contributed by atoms with van der Waals surface area (Å²) < 4.78 is 16.8. The van der Waals surface area contributed by atoms with Crippen LogP contribution in [0.2, 0.25) is 0 Å². The number of amides is 1. The number of carbonyl (C=O) groups excluding carboxylic acids is 1. The number of pyridine rings is 1. The van der Waals surface area contributed by atoms with Crippen LogP contribution in [-0.2, 0) is 9.47 Å². The minimum absolute atomic E-state index is 0.146. The van der Waals surface area contributed by atoms with Crippen molar-refractivity contribution in [2.45, 2.75) is 39.3 Å². The summed E-state index contributed by atoms with van der Waals surface area (Å²) in [5, 5.41) is 0. The van der Waals surface area contributed by atoms with Gasteiger partial charge in [0.1, 0.15) is 23.8 Å². The molecule has 2 aliphatic heterocycles. The first-order chi connectivity index (χ1) is 13.8. The number of hydrogen-bond donors (Lipinski definition) is 0. The van der Waals surface area contributed by atoms with Crippen LogP contribution in [0.15, 0.2) is 18.3 Å². The number of morpholine rings is 1. The predicted molar refractivity (Wildman–Crippen MR) is 112 cm³/mol. The molecule has 2 saturated heterocycles. The number of nitrogens with zero attached hydrogens (tertiary/aromatic N) is 4. The summed E-state index contributed by atoms with van der Waals surface area (Å²) in [6.45, 7) is 14.8. The minimum atomic E-state index is -0.480. The van der Waals surface area contributed by atoms with Crippen LogP contribution < -0.4 is 9.64 Å². The Morgan fingerprint density at radius 3 is 2.69 bits per heavy atom. The average molecular weight is 407 g/mol. The summed E-state index contributed by atoms with van der Waals surface area (Å²) in [4.78, 5) is 23.2. The first-order valence-corrected chi connectivity index (χ1v) is 10.5. The van der Waals surface area contributed by atoms with Crippen molar-refractivity contribution in [3.05, 3.63) is 18.3 Å². The summed E-state index contributed by atoms with van der Waals surface area (Å²) in [6, 6.07) is 4.02. The third-order valence-electron chi connectivity index (χ3n) is 5.07. The molecule has 0 saturated carbocycles. The van der Waals surface area contributed by atoms with Crippen LogP contribution in [0.4, 0.5) is 10.6 Å². The minimum Gasteiger partial charge on any atom is -0.492 e. The maximum Gasteiger partial charge on any atom is 0.410 e. The Morgan fingerprint density at radius 2 is 2.00 bits per heavy atom. The third kappa shape index (κ3) is 6.47. The second-order valence-corrected chi connectivity index (χ2v) is 8.62. The summed E-state index contributed by atoms with van der Waals surface area (Å²) >= 11 is 0. The number of piperazine rings is 1. The number of anilines is 1. The fourth-order valence-electron chi connectivity index (χ4n) is 3.55. The number of aromatic nitrogens is 1. The van der Waals surface area contributed by atoms with Gasteiger partial charge in [0.2, 0.25) is 0 Å². The molecule has 0 bridgehead atoms. The van der Waals surface area contributed by atoms with Crippen LogP contribution in [-0.4, -0.2) is 91.6 Å². The topological polar surface area (TPSA) is 67.4 Å². The van der Waals surface area contributed by atoms with Crippen molar-refractivity contribution in [3.63, 3.8) is 0 Å². The molecule has 3 heterocycles. The molecule has 0 aromatic carbocycles. The molecule has 1 amide bonds. The summed E-state index contributed by atoms with van der Waals surface area (Å²) in [7, 11) is 0. The molecule has 0 aliphatic carbocycles. The number of rotatable bonds is 5. The van der Waals surface area contributed by atoms with Crippen molar-refractivity contribution in [3.8, 4) is 5.75 Å². The second-order valence-electron chi connectivity index (χ2n) is 8.62. The maximum atomic E-state index is 12.3. The van der Waals surface area contributed by atoms with Crippen LogP contribution in [0.1, 0.15) is 27.7 Å². The molecule has 1 aromatic rings. The van der Waals surface area contributed by atoms with Gasteiger partial charge in [0.15, 0.2) is 0 Å². The van der Waals surface area contributed by atoms with Crippen LogP contribution in [0.3, 0.4) is 0 Å². The second kappa shape index (κ2) is 9.63. The van der Waals surface area contributed by atoms with Crippen molar-refractivity contribution in [1.29, 1.82) is 0 Å². The normalized spacial score (nSPS) is 21.2. The van der Waals surface area contributed by atoms with Crippen molar-refractivity contribution < 1.29 is 19.0 Å². The molecular weight excluding hydrogens is 372 g/mol. The van der Waals surface area contributed by atoms with Gasteiger partial charge in [-0.25, -0.2) is 9.78 Å². The van der Waals surface area contributed by atoms with Crippen LogP contribution in [0.25, 0.3) is 0 Å². The van der Waals surface area contributed by atoms with Gasteiger partial charge in [-0.15, -0.1) is 0 Å². The fraction of sp³-hybridized carbons (Fsp3) is 0.714. The van der Waals surface area contributed by atoms with E-state index in [1.54, 1.807) is 11.1 Å². The van der Waals surface area contributed by atoms with Crippen molar-refractivity contribution >= 4 is 11.9 Å². The van der Waals surface area contributed by atoms with E-state index in [1.807, 2.05) is 32.9 Å². The van der Waals surface area contributed by atoms with Crippen molar-refractivity contribution in [2.24, 2.45) is 0 Å². The van der Waals surface area contributed by atoms with Crippen LogP contribution in [0.5, 0.6) is 5.75 Å². The van der Waals surface area contributed by atoms with Gasteiger partial charge in [0.25, 0.3) is 0 Å². The van der Waals surface area contributed by atoms with Gasteiger partial charge in [-0.05, 0) is 33.8 Å². The van der Waals surface area contributed by atoms with Gasteiger partial charge in [-0.3, -0.25) is 4.90 Å². The standard InChI is InChI=1S/C21H34N4O4/c1-17-16-24(20(26)29-21(2,3)4)7-8-25(17)19-15-18(5-6-22-19)28-14-11-23-9-12-27-13-10-23/h5-6,15,17H,7-14,16H2,1-4H3. The highest BCUT2D eigenvalue weighted by Gasteiger charge is 2.30. The van der Waals surface area contributed by atoms with E-state index >= 15 is 0 Å². The summed E-state index contributed by atoms with van der Waals surface area (Å²) in [6.07, 6.45) is 1.53. The van der Waals surface area contributed by atoms with E-state index in [9.17, 15) is 4.79 Å². The monoisotopic (exact) mass is 406 g/mol. The summed E-state index contributed by atoms with van der Waals surface area (Å²) in [5.41, 5.74) is -0.480. The Balaban J connectivity index is 1.51. The van der Waals surface area contributed by atoms with E-state index in [0.717, 1.165) is 44.4 Å². The Labute approximate surface area is 173 Å². The fourth-order valence-corrected chi connectivity index (χ4v) is 3.55. The van der Waals surface area contributed by atoms with Crippen LogP contribution in [0, 0.1) is 0 Å². The van der Waals surface area contributed by atoms with Crippen molar-refractivity contribution in [2.75, 3.05) is 64.0 Å². The molecule has 0 spiro atoms. The average Bonchev–Trinajstić information content (AvgIpc) is 2.68. The highest BCUT2D eigenvalue weighted by molar-refractivity contribution is 5.68. The smallest absolute Gasteiger partial charge is 0.410 e. The van der Waals surface area contributed by atoms with Crippen molar-refractivity contribution in [1.82, 2.24) is 14.8 Å². The summed E-state index contributed by atoms with van der Waals surface area (Å²) in [5.74, 6) is 1.70.